The summed E-state index contributed by atoms with van der Waals surface area (Å²) in [5.41, 5.74) is 2.58. The quantitative estimate of drug-likeness (QED) is 0.316. The molecule has 172 valence electrons. The molecule has 3 aromatic carbocycles. The Balaban J connectivity index is 1.41. The average Bonchev–Trinajstić information content (AvgIpc) is 3.32. The number of nitrogens with zero attached hydrogens (tertiary/aromatic N) is 2. The highest BCUT2D eigenvalue weighted by molar-refractivity contribution is 7.99. The Morgan fingerprint density at radius 3 is 2.59 bits per heavy atom. The number of anilines is 2. The van der Waals surface area contributed by atoms with Crippen LogP contribution in [0.3, 0.4) is 0 Å². The Labute approximate surface area is 206 Å². The lowest BCUT2D eigenvalue weighted by Crippen LogP contribution is -2.14. The van der Waals surface area contributed by atoms with Crippen molar-refractivity contribution in [2.24, 2.45) is 0 Å². The molecule has 0 bridgehead atoms. The van der Waals surface area contributed by atoms with Gasteiger partial charge in [0.25, 0.3) is 5.91 Å². The predicted molar refractivity (Wildman–Crippen MR) is 135 cm³/mol. The predicted octanol–water partition coefficient (Wildman–Crippen LogP) is 5.52. The van der Waals surface area contributed by atoms with Crippen molar-refractivity contribution in [1.29, 1.82) is 0 Å². The second-order valence-electron chi connectivity index (χ2n) is 7.14. The fourth-order valence-electron chi connectivity index (χ4n) is 3.19. The van der Waals surface area contributed by atoms with Crippen LogP contribution in [-0.4, -0.2) is 34.2 Å². The van der Waals surface area contributed by atoms with Gasteiger partial charge in [0.1, 0.15) is 5.75 Å². The lowest BCUT2D eigenvalue weighted by molar-refractivity contribution is -0.113. The van der Waals surface area contributed by atoms with E-state index in [4.69, 9.17) is 16.3 Å². The molecule has 9 heteroatoms. The van der Waals surface area contributed by atoms with E-state index in [0.29, 0.717) is 27.2 Å². The van der Waals surface area contributed by atoms with Gasteiger partial charge >= 0.3 is 0 Å². The van der Waals surface area contributed by atoms with Crippen molar-refractivity contribution >= 4 is 46.6 Å². The first-order valence-electron chi connectivity index (χ1n) is 10.3. The molecule has 0 spiro atoms. The summed E-state index contributed by atoms with van der Waals surface area (Å²) in [6, 6.07) is 21.5. The standard InChI is InChI=1S/C25H21ClN4O3S/c1-33-22-11-10-19(15-21(22)26)28-23(31)16-34-25-27-12-13-30(25)20-9-5-6-17(14-20)24(32)29-18-7-3-2-4-8-18/h2-15H,16H2,1H3,(H,28,31)(H,29,32). The fraction of sp³-hybridized carbons (Fsp3) is 0.0800. The maximum absolute atomic E-state index is 12.7. The van der Waals surface area contributed by atoms with E-state index in [1.165, 1.54) is 18.9 Å². The molecule has 0 saturated carbocycles. The second kappa shape index (κ2) is 10.9. The summed E-state index contributed by atoms with van der Waals surface area (Å²) in [7, 11) is 1.53. The van der Waals surface area contributed by atoms with Gasteiger partial charge in [-0.3, -0.25) is 14.2 Å². The molecule has 0 aliphatic heterocycles. The molecule has 0 unspecified atom stereocenters. The third-order valence-electron chi connectivity index (χ3n) is 4.79. The number of benzene rings is 3. The van der Waals surface area contributed by atoms with Crippen molar-refractivity contribution in [3.8, 4) is 11.4 Å². The lowest BCUT2D eigenvalue weighted by Gasteiger charge is -2.11. The van der Waals surface area contributed by atoms with Gasteiger partial charge in [-0.05, 0) is 48.5 Å². The SMILES string of the molecule is COc1ccc(NC(=O)CSc2nccn2-c2cccc(C(=O)Nc3ccccc3)c2)cc1Cl. The topological polar surface area (TPSA) is 85.2 Å². The van der Waals surface area contributed by atoms with Crippen LogP contribution in [0.2, 0.25) is 5.02 Å². The third-order valence-corrected chi connectivity index (χ3v) is 6.06. The number of halogens is 1. The molecule has 1 heterocycles. The summed E-state index contributed by atoms with van der Waals surface area (Å²) in [6.45, 7) is 0. The summed E-state index contributed by atoms with van der Waals surface area (Å²) in [4.78, 5) is 29.5. The van der Waals surface area contributed by atoms with Gasteiger partial charge in [-0.1, -0.05) is 47.6 Å². The number of hydrogen-bond donors (Lipinski definition) is 2. The van der Waals surface area contributed by atoms with Gasteiger partial charge in [-0.15, -0.1) is 0 Å². The average molecular weight is 493 g/mol. The van der Waals surface area contributed by atoms with Gasteiger partial charge in [-0.2, -0.15) is 0 Å². The number of carbonyl (C=O) groups excluding carboxylic acids is 2. The molecule has 4 aromatic rings. The molecule has 2 amide bonds. The van der Waals surface area contributed by atoms with E-state index >= 15 is 0 Å². The minimum absolute atomic E-state index is 0.148. The largest absolute Gasteiger partial charge is 0.495 e. The molecule has 4 rings (SSSR count). The number of nitrogens with one attached hydrogen (secondary N) is 2. The molecule has 0 saturated heterocycles. The number of hydrogen-bond acceptors (Lipinski definition) is 5. The molecule has 0 radical (unpaired) electrons. The highest BCUT2D eigenvalue weighted by Crippen LogP contribution is 2.27. The number of para-hydroxylation sites is 1. The molecular formula is C25H21ClN4O3S. The number of aromatic nitrogens is 2. The van der Waals surface area contributed by atoms with Crippen molar-refractivity contribution in [1.82, 2.24) is 9.55 Å². The monoisotopic (exact) mass is 492 g/mol. The van der Waals surface area contributed by atoms with Gasteiger partial charge in [0, 0.05) is 35.0 Å². The van der Waals surface area contributed by atoms with Crippen molar-refractivity contribution in [3.63, 3.8) is 0 Å². The first-order chi connectivity index (χ1) is 16.5. The summed E-state index contributed by atoms with van der Waals surface area (Å²) >= 11 is 7.40. The van der Waals surface area contributed by atoms with Crippen LogP contribution in [0.1, 0.15) is 10.4 Å². The second-order valence-corrected chi connectivity index (χ2v) is 8.49. The highest BCUT2D eigenvalue weighted by atomic mass is 35.5. The number of methoxy groups -OCH3 is 1. The Morgan fingerprint density at radius 2 is 1.82 bits per heavy atom. The van der Waals surface area contributed by atoms with Crippen molar-refractivity contribution in [3.05, 3.63) is 95.8 Å². The van der Waals surface area contributed by atoms with Gasteiger partial charge in [0.2, 0.25) is 5.91 Å². The molecule has 0 fully saturated rings. The number of ether oxygens (including phenoxy) is 1. The Kier molecular flexibility index (Phi) is 7.51. The van der Waals surface area contributed by atoms with Crippen LogP contribution in [0.5, 0.6) is 5.75 Å². The van der Waals surface area contributed by atoms with Crippen LogP contribution in [0.4, 0.5) is 11.4 Å². The number of rotatable bonds is 8. The molecule has 1 aromatic heterocycles. The number of carbonyl (C=O) groups is 2. The van der Waals surface area contributed by atoms with Crippen LogP contribution in [0, 0.1) is 0 Å². The minimum atomic E-state index is -0.208. The first-order valence-corrected chi connectivity index (χ1v) is 11.7. The van der Waals surface area contributed by atoms with Crippen molar-refractivity contribution in [2.45, 2.75) is 5.16 Å². The zero-order chi connectivity index (χ0) is 23.9. The molecule has 0 aliphatic carbocycles. The van der Waals surface area contributed by atoms with E-state index in [-0.39, 0.29) is 17.6 Å². The maximum atomic E-state index is 12.7. The number of imidazole rings is 1. The van der Waals surface area contributed by atoms with Crippen LogP contribution in [-0.2, 0) is 4.79 Å². The fourth-order valence-corrected chi connectivity index (χ4v) is 4.22. The van der Waals surface area contributed by atoms with Crippen LogP contribution >= 0.6 is 23.4 Å². The summed E-state index contributed by atoms with van der Waals surface area (Å²) in [5.74, 6) is 0.280. The van der Waals surface area contributed by atoms with E-state index in [1.807, 2.05) is 47.0 Å². The van der Waals surface area contributed by atoms with Gasteiger partial charge in [0.05, 0.1) is 17.9 Å². The van der Waals surface area contributed by atoms with Crippen LogP contribution in [0.25, 0.3) is 5.69 Å². The molecular weight excluding hydrogens is 472 g/mol. The van der Waals surface area contributed by atoms with Crippen molar-refractivity contribution < 1.29 is 14.3 Å². The number of amides is 2. The van der Waals surface area contributed by atoms with E-state index in [9.17, 15) is 9.59 Å². The zero-order valence-electron chi connectivity index (χ0n) is 18.2. The number of thioether (sulfide) groups is 1. The molecule has 2 N–H and O–H groups in total. The molecule has 0 atom stereocenters. The maximum Gasteiger partial charge on any atom is 0.255 e. The minimum Gasteiger partial charge on any atom is -0.495 e. The van der Waals surface area contributed by atoms with Gasteiger partial charge in [0.15, 0.2) is 5.16 Å². The van der Waals surface area contributed by atoms with Crippen LogP contribution in [0.15, 0.2) is 90.3 Å². The molecule has 34 heavy (non-hydrogen) atoms. The van der Waals surface area contributed by atoms with E-state index in [1.54, 1.807) is 42.7 Å². The first kappa shape index (κ1) is 23.4. The van der Waals surface area contributed by atoms with E-state index in [0.717, 1.165) is 11.4 Å². The highest BCUT2D eigenvalue weighted by Gasteiger charge is 2.12. The zero-order valence-corrected chi connectivity index (χ0v) is 19.8. The smallest absolute Gasteiger partial charge is 0.255 e. The normalized spacial score (nSPS) is 10.5. The van der Waals surface area contributed by atoms with Gasteiger partial charge < -0.3 is 15.4 Å². The Bertz CT molecular complexity index is 1310. The van der Waals surface area contributed by atoms with E-state index in [2.05, 4.69) is 15.6 Å². The molecule has 7 nitrogen and oxygen atoms in total. The molecule has 0 aliphatic rings. The van der Waals surface area contributed by atoms with Crippen molar-refractivity contribution in [2.75, 3.05) is 23.5 Å². The third kappa shape index (κ3) is 5.78. The Morgan fingerprint density at radius 1 is 1.00 bits per heavy atom. The summed E-state index contributed by atoms with van der Waals surface area (Å²) in [6.07, 6.45) is 3.44. The lowest BCUT2D eigenvalue weighted by atomic mass is 10.2. The Hall–Kier alpha value is -3.75. The summed E-state index contributed by atoms with van der Waals surface area (Å²) in [5, 5.41) is 6.74. The van der Waals surface area contributed by atoms with Crippen LogP contribution < -0.4 is 15.4 Å². The summed E-state index contributed by atoms with van der Waals surface area (Å²) < 4.78 is 6.96. The van der Waals surface area contributed by atoms with Gasteiger partial charge in [-0.25, -0.2) is 4.98 Å². The van der Waals surface area contributed by atoms with E-state index < -0.39 is 0 Å².